The summed E-state index contributed by atoms with van der Waals surface area (Å²) in [6, 6.07) is 13.5. The van der Waals surface area contributed by atoms with Gasteiger partial charge in [-0.2, -0.15) is 5.26 Å². The summed E-state index contributed by atoms with van der Waals surface area (Å²) in [6.45, 7) is 3.98. The molecule has 2 aliphatic rings. The minimum atomic E-state index is -0.701. The zero-order chi connectivity index (χ0) is 25.5. The number of nitro groups is 1. The van der Waals surface area contributed by atoms with Crippen LogP contribution in [0.2, 0.25) is 0 Å². The molecule has 1 heterocycles. The van der Waals surface area contributed by atoms with Gasteiger partial charge >= 0.3 is 0 Å². The number of ether oxygens (including phenoxy) is 2. The number of methoxy groups -OCH3 is 2. The number of ketones is 1. The van der Waals surface area contributed by atoms with Crippen LogP contribution in [0.25, 0.3) is 0 Å². The molecule has 0 fully saturated rings. The van der Waals surface area contributed by atoms with E-state index in [-0.39, 0.29) is 28.3 Å². The molecule has 1 atom stereocenters. The number of allylic oxidation sites excluding steroid dienone is 3. The van der Waals surface area contributed by atoms with Crippen molar-refractivity contribution in [2.24, 2.45) is 11.1 Å². The maximum atomic E-state index is 13.6. The Hall–Kier alpha value is -4.32. The number of carbonyl (C=O) groups excluding carboxylic acids is 1. The largest absolute Gasteiger partial charge is 0.493 e. The first kappa shape index (κ1) is 23.8. The van der Waals surface area contributed by atoms with E-state index in [0.29, 0.717) is 46.9 Å². The predicted octanol–water partition coefficient (Wildman–Crippen LogP) is 4.55. The summed E-state index contributed by atoms with van der Waals surface area (Å²) in [6.07, 6.45) is 0.803. The second kappa shape index (κ2) is 8.80. The molecule has 0 unspecified atom stereocenters. The minimum absolute atomic E-state index is 0.0910. The van der Waals surface area contributed by atoms with Gasteiger partial charge in [-0.3, -0.25) is 19.8 Å². The molecule has 0 saturated heterocycles. The Morgan fingerprint density at radius 2 is 1.86 bits per heavy atom. The van der Waals surface area contributed by atoms with Crippen LogP contribution in [0.4, 0.5) is 11.4 Å². The van der Waals surface area contributed by atoms with Crippen LogP contribution in [0.1, 0.15) is 38.2 Å². The van der Waals surface area contributed by atoms with E-state index in [1.54, 1.807) is 35.2 Å². The first-order chi connectivity index (χ1) is 16.6. The van der Waals surface area contributed by atoms with Gasteiger partial charge in [0.2, 0.25) is 0 Å². The Labute approximate surface area is 203 Å². The third-order valence-electron chi connectivity index (χ3n) is 6.42. The highest BCUT2D eigenvalue weighted by molar-refractivity contribution is 6.01. The van der Waals surface area contributed by atoms with Crippen LogP contribution in [0.5, 0.6) is 11.5 Å². The van der Waals surface area contributed by atoms with Crippen LogP contribution in [-0.2, 0) is 4.79 Å². The predicted molar refractivity (Wildman–Crippen MR) is 130 cm³/mol. The van der Waals surface area contributed by atoms with Crippen LogP contribution in [0, 0.1) is 26.9 Å². The maximum Gasteiger partial charge on any atom is 0.271 e. The molecule has 0 spiro atoms. The third kappa shape index (κ3) is 4.08. The topological polar surface area (TPSA) is 132 Å². The summed E-state index contributed by atoms with van der Waals surface area (Å²) in [5.41, 5.74) is 8.52. The van der Waals surface area contributed by atoms with E-state index in [1.807, 2.05) is 13.8 Å². The lowest BCUT2D eigenvalue weighted by molar-refractivity contribution is -0.384. The number of carbonyl (C=O) groups is 1. The van der Waals surface area contributed by atoms with Crippen molar-refractivity contribution < 1.29 is 19.2 Å². The summed E-state index contributed by atoms with van der Waals surface area (Å²) in [7, 11) is 3.04. The van der Waals surface area contributed by atoms with Crippen LogP contribution in [0.3, 0.4) is 0 Å². The zero-order valence-electron chi connectivity index (χ0n) is 20.0. The average molecular weight is 475 g/mol. The molecule has 0 saturated carbocycles. The Bertz CT molecular complexity index is 1340. The molecule has 0 radical (unpaired) electrons. The number of nitro benzene ring substituents is 1. The molecule has 2 aromatic rings. The molecule has 0 aromatic heterocycles. The number of hydrogen-bond donors (Lipinski definition) is 1. The zero-order valence-corrected chi connectivity index (χ0v) is 20.0. The molecule has 4 rings (SSSR count). The lowest BCUT2D eigenvalue weighted by Gasteiger charge is -2.43. The summed E-state index contributed by atoms with van der Waals surface area (Å²) in [4.78, 5) is 26.2. The van der Waals surface area contributed by atoms with E-state index in [1.165, 1.54) is 26.4 Å². The third-order valence-corrected chi connectivity index (χ3v) is 6.42. The second-order valence-corrected chi connectivity index (χ2v) is 9.37. The molecule has 0 amide bonds. The highest BCUT2D eigenvalue weighted by atomic mass is 16.6. The van der Waals surface area contributed by atoms with E-state index in [0.717, 1.165) is 0 Å². The molecule has 180 valence electrons. The number of nitrogens with two attached hydrogens (primary N) is 1. The molecule has 1 aliphatic heterocycles. The van der Waals surface area contributed by atoms with Gasteiger partial charge in [-0.05, 0) is 35.6 Å². The number of hydrogen-bond acceptors (Lipinski definition) is 8. The van der Waals surface area contributed by atoms with Gasteiger partial charge in [0.15, 0.2) is 17.3 Å². The van der Waals surface area contributed by atoms with Crippen LogP contribution >= 0.6 is 0 Å². The Morgan fingerprint density at radius 3 is 2.49 bits per heavy atom. The van der Waals surface area contributed by atoms with Crippen molar-refractivity contribution in [3.63, 3.8) is 0 Å². The van der Waals surface area contributed by atoms with Crippen LogP contribution < -0.4 is 20.1 Å². The monoisotopic (exact) mass is 474 g/mol. The fourth-order valence-electron chi connectivity index (χ4n) is 4.92. The fourth-order valence-corrected chi connectivity index (χ4v) is 4.92. The molecule has 9 nitrogen and oxygen atoms in total. The van der Waals surface area contributed by atoms with Gasteiger partial charge in [-0.15, -0.1) is 0 Å². The van der Waals surface area contributed by atoms with Crippen molar-refractivity contribution in [2.75, 3.05) is 19.1 Å². The Morgan fingerprint density at radius 1 is 1.14 bits per heavy atom. The molecule has 9 heteroatoms. The van der Waals surface area contributed by atoms with Crippen LogP contribution in [0.15, 0.2) is 65.1 Å². The van der Waals surface area contributed by atoms with Crippen molar-refractivity contribution in [1.82, 2.24) is 0 Å². The molecule has 0 bridgehead atoms. The van der Waals surface area contributed by atoms with Crippen LogP contribution in [-0.4, -0.2) is 24.9 Å². The second-order valence-electron chi connectivity index (χ2n) is 9.37. The molecule has 1 aliphatic carbocycles. The van der Waals surface area contributed by atoms with Crippen molar-refractivity contribution in [3.05, 3.63) is 80.8 Å². The number of rotatable bonds is 5. The number of nitriles is 1. The number of non-ortho nitro benzene ring substituents is 1. The van der Waals surface area contributed by atoms with E-state index >= 15 is 0 Å². The van der Waals surface area contributed by atoms with E-state index in [4.69, 9.17) is 15.2 Å². The van der Waals surface area contributed by atoms with Crippen molar-refractivity contribution in [2.45, 2.75) is 32.6 Å². The quantitative estimate of drug-likeness (QED) is 0.493. The van der Waals surface area contributed by atoms with Gasteiger partial charge in [-0.25, -0.2) is 0 Å². The van der Waals surface area contributed by atoms with Gasteiger partial charge in [-0.1, -0.05) is 26.0 Å². The lowest BCUT2D eigenvalue weighted by Crippen LogP contribution is -2.42. The first-order valence-corrected chi connectivity index (χ1v) is 11.0. The average Bonchev–Trinajstić information content (AvgIpc) is 2.82. The van der Waals surface area contributed by atoms with Gasteiger partial charge in [0.05, 0.1) is 42.4 Å². The molecule has 35 heavy (non-hydrogen) atoms. The van der Waals surface area contributed by atoms with Gasteiger partial charge in [0.25, 0.3) is 5.69 Å². The van der Waals surface area contributed by atoms with E-state index in [2.05, 4.69) is 6.07 Å². The molecular weight excluding hydrogens is 448 g/mol. The Balaban J connectivity index is 2.00. The Kier molecular flexibility index (Phi) is 5.99. The fraction of sp³-hybridized carbons (Fsp3) is 0.308. The van der Waals surface area contributed by atoms with Crippen molar-refractivity contribution in [1.29, 1.82) is 5.26 Å². The standard InChI is InChI=1S/C26H26N4O5/c1-26(2)12-19-24(20(31)13-26)23(15-8-9-21(34-3)22(10-15)35-4)18(14-27)25(28)29(19)16-6-5-7-17(11-16)30(32)33/h5-11,23H,12-13,28H2,1-4H3/t23-/m0/s1. The highest BCUT2D eigenvalue weighted by Gasteiger charge is 2.45. The maximum absolute atomic E-state index is 13.6. The smallest absolute Gasteiger partial charge is 0.271 e. The van der Waals surface area contributed by atoms with Gasteiger partial charge in [0.1, 0.15) is 5.82 Å². The number of benzene rings is 2. The molecule has 2 N–H and O–H groups in total. The summed E-state index contributed by atoms with van der Waals surface area (Å²) < 4.78 is 10.8. The number of Topliss-reactive ketones (excluding diaryl/α,β-unsaturated/α-hetero) is 1. The normalized spacial score (nSPS) is 19.2. The van der Waals surface area contributed by atoms with Crippen molar-refractivity contribution >= 4 is 17.2 Å². The SMILES string of the molecule is COc1ccc([C@H]2C(C#N)=C(N)N(c3cccc([N+](=O)[O-])c3)C3=C2C(=O)CC(C)(C)C3)cc1OC. The van der Waals surface area contributed by atoms with Crippen molar-refractivity contribution in [3.8, 4) is 17.6 Å². The minimum Gasteiger partial charge on any atom is -0.493 e. The van der Waals surface area contributed by atoms with Gasteiger partial charge < -0.3 is 15.2 Å². The van der Waals surface area contributed by atoms with E-state index < -0.39 is 10.8 Å². The van der Waals surface area contributed by atoms with E-state index in [9.17, 15) is 20.2 Å². The summed E-state index contributed by atoms with van der Waals surface area (Å²) >= 11 is 0. The highest BCUT2D eigenvalue weighted by Crippen LogP contribution is 2.51. The molecular formula is C26H26N4O5. The summed E-state index contributed by atoms with van der Waals surface area (Å²) in [5, 5.41) is 21.6. The first-order valence-electron chi connectivity index (χ1n) is 11.0. The van der Waals surface area contributed by atoms with Gasteiger partial charge in [0, 0.05) is 29.8 Å². The number of anilines is 1. The number of nitrogens with zero attached hydrogens (tertiary/aromatic N) is 3. The molecule has 2 aromatic carbocycles. The summed E-state index contributed by atoms with van der Waals surface area (Å²) in [5.74, 6) is 0.330. The lowest BCUT2D eigenvalue weighted by atomic mass is 9.68.